The van der Waals surface area contributed by atoms with E-state index in [4.69, 9.17) is 10.00 Å². The van der Waals surface area contributed by atoms with Crippen LogP contribution >= 0.6 is 0 Å². The van der Waals surface area contributed by atoms with E-state index in [1.165, 1.54) is 31.2 Å². The molecule has 0 saturated heterocycles. The molecule has 2 aromatic rings. The lowest BCUT2D eigenvalue weighted by molar-refractivity contribution is -0.125. The highest BCUT2D eigenvalue weighted by Gasteiger charge is 2.35. The van der Waals surface area contributed by atoms with E-state index in [2.05, 4.69) is 0 Å². The Kier molecular flexibility index (Phi) is 5.84. The molecule has 0 bridgehead atoms. The van der Waals surface area contributed by atoms with Gasteiger partial charge in [0.2, 0.25) is 10.0 Å². The predicted molar refractivity (Wildman–Crippen MR) is 105 cm³/mol. The number of fused-ring (bicyclic) bond motifs is 1. The summed E-state index contributed by atoms with van der Waals surface area (Å²) in [5.74, 6) is -2.47. The summed E-state index contributed by atoms with van der Waals surface area (Å²) in [5, 5.41) is 8.89. The van der Waals surface area contributed by atoms with Crippen molar-refractivity contribution in [3.05, 3.63) is 65.2 Å². The van der Waals surface area contributed by atoms with Crippen LogP contribution in [0.3, 0.4) is 0 Å². The van der Waals surface area contributed by atoms with E-state index in [-0.39, 0.29) is 16.9 Å². The second-order valence-electron chi connectivity index (χ2n) is 6.49. The van der Waals surface area contributed by atoms with Crippen molar-refractivity contribution >= 4 is 27.7 Å². The number of nitriles is 1. The van der Waals surface area contributed by atoms with Crippen LogP contribution in [0.1, 0.15) is 33.2 Å². The Morgan fingerprint density at radius 3 is 2.37 bits per heavy atom. The van der Waals surface area contributed by atoms with Gasteiger partial charge in [0.25, 0.3) is 17.7 Å². The van der Waals surface area contributed by atoms with E-state index in [0.717, 1.165) is 4.90 Å². The van der Waals surface area contributed by atoms with E-state index in [0.29, 0.717) is 5.56 Å². The zero-order valence-electron chi connectivity index (χ0n) is 15.9. The summed E-state index contributed by atoms with van der Waals surface area (Å²) >= 11 is 0. The molecule has 0 aliphatic carbocycles. The number of amides is 3. The average Bonchev–Trinajstić information content (AvgIpc) is 2.96. The number of nitrogens with one attached hydrogen (secondary N) is 1. The number of rotatable bonds is 7. The third-order valence-electron chi connectivity index (χ3n) is 4.36. The zero-order chi connectivity index (χ0) is 21.9. The smallest absolute Gasteiger partial charge is 0.274 e. The molecule has 2 aromatic carbocycles. The average molecular weight is 427 g/mol. The molecule has 1 heterocycles. The van der Waals surface area contributed by atoms with Crippen LogP contribution in [0, 0.1) is 11.3 Å². The second-order valence-corrected chi connectivity index (χ2v) is 8.33. The standard InChI is InChI=1S/C20H17N3O6S/c1-13(29-15-6-4-5-14(11-15)12-21)18(24)22-30(27,28)10-9-23-19(25)16-7-2-3-8-17(16)20(23)26/h2-8,11,13H,9-10H2,1H3,(H,22,24). The van der Waals surface area contributed by atoms with Crippen LogP contribution in [0.2, 0.25) is 0 Å². The lowest BCUT2D eigenvalue weighted by Crippen LogP contribution is -2.43. The van der Waals surface area contributed by atoms with Gasteiger partial charge in [-0.3, -0.25) is 19.3 Å². The molecule has 1 atom stereocenters. The molecule has 1 unspecified atom stereocenters. The molecule has 1 aliphatic heterocycles. The lowest BCUT2D eigenvalue weighted by Gasteiger charge is -2.17. The van der Waals surface area contributed by atoms with Gasteiger partial charge in [-0.05, 0) is 37.3 Å². The number of hydrogen-bond donors (Lipinski definition) is 1. The van der Waals surface area contributed by atoms with Gasteiger partial charge in [-0.25, -0.2) is 13.1 Å². The van der Waals surface area contributed by atoms with E-state index < -0.39 is 46.1 Å². The monoisotopic (exact) mass is 427 g/mol. The van der Waals surface area contributed by atoms with Gasteiger partial charge < -0.3 is 4.74 Å². The number of nitrogens with zero attached hydrogens (tertiary/aromatic N) is 2. The molecule has 154 valence electrons. The van der Waals surface area contributed by atoms with Crippen LogP contribution in [0.15, 0.2) is 48.5 Å². The first kappa shape index (κ1) is 21.0. The maximum Gasteiger partial charge on any atom is 0.274 e. The third kappa shape index (κ3) is 4.47. The second kappa shape index (κ2) is 8.34. The van der Waals surface area contributed by atoms with Crippen molar-refractivity contribution in [1.29, 1.82) is 5.26 Å². The van der Waals surface area contributed by atoms with Crippen molar-refractivity contribution < 1.29 is 27.5 Å². The maximum atomic E-state index is 12.3. The Morgan fingerprint density at radius 1 is 1.13 bits per heavy atom. The largest absolute Gasteiger partial charge is 0.481 e. The Balaban J connectivity index is 1.58. The first-order valence-corrected chi connectivity index (χ1v) is 10.5. The quantitative estimate of drug-likeness (QED) is 0.653. The summed E-state index contributed by atoms with van der Waals surface area (Å²) in [6.45, 7) is 0.961. The normalized spacial score (nSPS) is 14.1. The van der Waals surface area contributed by atoms with Crippen LogP contribution in [0.4, 0.5) is 0 Å². The summed E-state index contributed by atoms with van der Waals surface area (Å²) in [5.41, 5.74) is 0.754. The topological polar surface area (TPSA) is 134 Å². The highest BCUT2D eigenvalue weighted by Crippen LogP contribution is 2.22. The van der Waals surface area contributed by atoms with Crippen LogP contribution in [-0.2, 0) is 14.8 Å². The molecule has 1 aliphatic rings. The van der Waals surface area contributed by atoms with Gasteiger partial charge in [-0.2, -0.15) is 5.26 Å². The molecule has 30 heavy (non-hydrogen) atoms. The highest BCUT2D eigenvalue weighted by atomic mass is 32.2. The first-order chi connectivity index (χ1) is 14.2. The third-order valence-corrected chi connectivity index (χ3v) is 5.60. The molecule has 1 N–H and O–H groups in total. The maximum absolute atomic E-state index is 12.3. The van der Waals surface area contributed by atoms with Gasteiger partial charge in [0.15, 0.2) is 6.10 Å². The van der Waals surface area contributed by atoms with E-state index in [1.54, 1.807) is 24.3 Å². The Labute approximate surface area is 172 Å². The fraction of sp³-hybridized carbons (Fsp3) is 0.200. The summed E-state index contributed by atoms with van der Waals surface area (Å²) in [4.78, 5) is 37.6. The summed E-state index contributed by atoms with van der Waals surface area (Å²) in [7, 11) is -4.13. The van der Waals surface area contributed by atoms with Crippen molar-refractivity contribution in [2.75, 3.05) is 12.3 Å². The minimum Gasteiger partial charge on any atom is -0.481 e. The van der Waals surface area contributed by atoms with E-state index >= 15 is 0 Å². The number of hydrogen-bond acceptors (Lipinski definition) is 7. The van der Waals surface area contributed by atoms with Gasteiger partial charge >= 0.3 is 0 Å². The molecule has 10 heteroatoms. The lowest BCUT2D eigenvalue weighted by atomic mass is 10.1. The molecule has 9 nitrogen and oxygen atoms in total. The SMILES string of the molecule is CC(Oc1cccc(C#N)c1)C(=O)NS(=O)(=O)CCN1C(=O)c2ccccc2C1=O. The fourth-order valence-corrected chi connectivity index (χ4v) is 3.84. The molecular weight excluding hydrogens is 410 g/mol. The molecule has 0 spiro atoms. The number of benzene rings is 2. The number of carbonyl (C=O) groups is 3. The Hall–Kier alpha value is -3.71. The summed E-state index contributed by atoms with van der Waals surface area (Å²) in [6, 6.07) is 14.2. The van der Waals surface area contributed by atoms with Gasteiger partial charge in [-0.15, -0.1) is 0 Å². The number of ether oxygens (including phenoxy) is 1. The minimum absolute atomic E-state index is 0.213. The molecule has 3 rings (SSSR count). The number of sulfonamides is 1. The van der Waals surface area contributed by atoms with E-state index in [1.807, 2.05) is 10.8 Å². The summed E-state index contributed by atoms with van der Waals surface area (Å²) in [6.07, 6.45) is -1.16. The Bertz CT molecular complexity index is 1130. The number of carbonyl (C=O) groups excluding carboxylic acids is 3. The number of imide groups is 1. The highest BCUT2D eigenvalue weighted by molar-refractivity contribution is 7.90. The molecule has 3 amide bonds. The van der Waals surface area contributed by atoms with Crippen LogP contribution < -0.4 is 9.46 Å². The molecule has 0 fully saturated rings. The van der Waals surface area contributed by atoms with Gasteiger partial charge in [0.05, 0.1) is 28.5 Å². The van der Waals surface area contributed by atoms with Crippen molar-refractivity contribution in [3.63, 3.8) is 0 Å². The first-order valence-electron chi connectivity index (χ1n) is 8.88. The van der Waals surface area contributed by atoms with Crippen molar-refractivity contribution in [2.24, 2.45) is 0 Å². The van der Waals surface area contributed by atoms with E-state index in [9.17, 15) is 22.8 Å². The van der Waals surface area contributed by atoms with Gasteiger partial charge in [0, 0.05) is 6.54 Å². The van der Waals surface area contributed by atoms with Crippen molar-refractivity contribution in [3.8, 4) is 11.8 Å². The summed E-state index contributed by atoms with van der Waals surface area (Å²) < 4.78 is 31.8. The Morgan fingerprint density at radius 2 is 1.77 bits per heavy atom. The molecular formula is C20H17N3O6S. The fourth-order valence-electron chi connectivity index (χ4n) is 2.84. The molecule has 0 radical (unpaired) electrons. The van der Waals surface area contributed by atoms with Crippen LogP contribution in [0.25, 0.3) is 0 Å². The molecule has 0 saturated carbocycles. The van der Waals surface area contributed by atoms with Crippen molar-refractivity contribution in [2.45, 2.75) is 13.0 Å². The van der Waals surface area contributed by atoms with Crippen LogP contribution in [-0.4, -0.2) is 49.4 Å². The molecule has 0 aromatic heterocycles. The minimum atomic E-state index is -4.13. The predicted octanol–water partition coefficient (Wildman–Crippen LogP) is 1.07. The van der Waals surface area contributed by atoms with Crippen LogP contribution in [0.5, 0.6) is 5.75 Å². The zero-order valence-corrected chi connectivity index (χ0v) is 16.7. The van der Waals surface area contributed by atoms with Crippen molar-refractivity contribution in [1.82, 2.24) is 9.62 Å². The van der Waals surface area contributed by atoms with Gasteiger partial charge in [0.1, 0.15) is 5.75 Å². The van der Waals surface area contributed by atoms with Gasteiger partial charge in [-0.1, -0.05) is 18.2 Å².